The van der Waals surface area contributed by atoms with E-state index in [1.165, 1.54) is 0 Å². The summed E-state index contributed by atoms with van der Waals surface area (Å²) in [5.74, 6) is 0. The molecule has 4 nitrogen and oxygen atoms in total. The summed E-state index contributed by atoms with van der Waals surface area (Å²) in [5.41, 5.74) is 6.31. The standard InChI is InChI=1S/C12H27N3OSi/c1-11(13)10-15(14-5)8-9-16-17(6,7)12(2,3)4/h10H,5,8-9,13H2,1-4,6-7H3/b11-10+. The van der Waals surface area contributed by atoms with Crippen molar-refractivity contribution in [2.75, 3.05) is 13.2 Å². The number of nitrogens with zero attached hydrogens (tertiary/aromatic N) is 2. The zero-order chi connectivity index (χ0) is 13.7. The van der Waals surface area contributed by atoms with Crippen LogP contribution in [-0.4, -0.2) is 33.2 Å². The molecule has 0 aliphatic rings. The molecule has 0 aromatic rings. The van der Waals surface area contributed by atoms with Crippen molar-refractivity contribution in [2.24, 2.45) is 10.8 Å². The fraction of sp³-hybridized carbons (Fsp3) is 0.750. The third kappa shape index (κ3) is 5.88. The first-order valence-electron chi connectivity index (χ1n) is 5.91. The largest absolute Gasteiger partial charge is 0.415 e. The van der Waals surface area contributed by atoms with Crippen LogP contribution in [0.4, 0.5) is 0 Å². The molecule has 17 heavy (non-hydrogen) atoms. The average molecular weight is 257 g/mol. The summed E-state index contributed by atoms with van der Waals surface area (Å²) in [6, 6.07) is 0. The topological polar surface area (TPSA) is 50.8 Å². The summed E-state index contributed by atoms with van der Waals surface area (Å²) in [6.07, 6.45) is 1.77. The Hall–Kier alpha value is -0.813. The van der Waals surface area contributed by atoms with E-state index in [0.717, 1.165) is 0 Å². The molecule has 0 atom stereocenters. The molecule has 0 rings (SSSR count). The SMILES string of the molecule is C=NN(/C=C(\C)N)CCO[Si](C)(C)C(C)(C)C. The lowest BCUT2D eigenvalue weighted by atomic mass is 10.2. The molecule has 2 N–H and O–H groups in total. The van der Waals surface area contributed by atoms with Crippen molar-refractivity contribution in [1.29, 1.82) is 0 Å². The summed E-state index contributed by atoms with van der Waals surface area (Å²) in [4.78, 5) is 0. The molecular weight excluding hydrogens is 230 g/mol. The van der Waals surface area contributed by atoms with Crippen molar-refractivity contribution in [3.8, 4) is 0 Å². The van der Waals surface area contributed by atoms with Crippen molar-refractivity contribution >= 4 is 15.0 Å². The molecule has 5 heteroatoms. The Morgan fingerprint density at radius 1 is 1.47 bits per heavy atom. The summed E-state index contributed by atoms with van der Waals surface area (Å²) >= 11 is 0. The Labute approximate surface area is 107 Å². The fourth-order valence-corrected chi connectivity index (χ4v) is 2.06. The van der Waals surface area contributed by atoms with Crippen LogP contribution in [0.3, 0.4) is 0 Å². The van der Waals surface area contributed by atoms with Crippen LogP contribution >= 0.6 is 0 Å². The Morgan fingerprint density at radius 2 is 2.00 bits per heavy atom. The molecule has 0 aromatic carbocycles. The van der Waals surface area contributed by atoms with E-state index in [1.807, 2.05) is 6.92 Å². The van der Waals surface area contributed by atoms with Crippen molar-refractivity contribution in [1.82, 2.24) is 5.01 Å². The first-order chi connectivity index (χ1) is 7.60. The average Bonchev–Trinajstić information content (AvgIpc) is 2.13. The van der Waals surface area contributed by atoms with Crippen LogP contribution in [0.15, 0.2) is 17.0 Å². The summed E-state index contributed by atoms with van der Waals surface area (Å²) in [7, 11) is -1.67. The number of hydrazone groups is 1. The Morgan fingerprint density at radius 3 is 2.35 bits per heavy atom. The van der Waals surface area contributed by atoms with E-state index in [9.17, 15) is 0 Å². The molecule has 0 aliphatic heterocycles. The molecular formula is C12H27N3OSi. The van der Waals surface area contributed by atoms with Crippen molar-refractivity contribution in [2.45, 2.75) is 45.8 Å². The van der Waals surface area contributed by atoms with Gasteiger partial charge in [-0.25, -0.2) is 0 Å². The Balaban J connectivity index is 4.23. The van der Waals surface area contributed by atoms with Gasteiger partial charge < -0.3 is 10.2 Å². The summed E-state index contributed by atoms with van der Waals surface area (Å²) in [6.45, 7) is 17.8. The lowest BCUT2D eigenvalue weighted by Gasteiger charge is -2.36. The fourth-order valence-electron chi connectivity index (χ4n) is 1.02. The zero-order valence-corrected chi connectivity index (χ0v) is 13.1. The van der Waals surface area contributed by atoms with Gasteiger partial charge in [-0.1, -0.05) is 20.8 Å². The molecule has 0 unspecified atom stereocenters. The molecule has 0 saturated carbocycles. The molecule has 0 spiro atoms. The third-order valence-corrected chi connectivity index (χ3v) is 7.66. The highest BCUT2D eigenvalue weighted by Crippen LogP contribution is 2.36. The maximum atomic E-state index is 6.05. The van der Waals surface area contributed by atoms with Gasteiger partial charge in [-0.15, -0.1) is 0 Å². The van der Waals surface area contributed by atoms with Gasteiger partial charge in [0.25, 0.3) is 0 Å². The Kier molecular flexibility index (Phi) is 5.91. The van der Waals surface area contributed by atoms with Gasteiger partial charge in [-0.3, -0.25) is 5.01 Å². The van der Waals surface area contributed by atoms with E-state index >= 15 is 0 Å². The van der Waals surface area contributed by atoms with Crippen LogP contribution in [0, 0.1) is 0 Å². The van der Waals surface area contributed by atoms with Gasteiger partial charge in [0.15, 0.2) is 8.32 Å². The van der Waals surface area contributed by atoms with Gasteiger partial charge in [0.2, 0.25) is 0 Å². The van der Waals surface area contributed by atoms with E-state index in [1.54, 1.807) is 11.2 Å². The minimum Gasteiger partial charge on any atom is -0.415 e. The van der Waals surface area contributed by atoms with Gasteiger partial charge in [0.1, 0.15) is 0 Å². The highest BCUT2D eigenvalue weighted by Gasteiger charge is 2.36. The predicted molar refractivity (Wildman–Crippen MR) is 77.3 cm³/mol. The van der Waals surface area contributed by atoms with E-state index in [2.05, 4.69) is 45.7 Å². The van der Waals surface area contributed by atoms with Crippen LogP contribution in [0.5, 0.6) is 0 Å². The Bertz CT molecular complexity index is 278. The molecule has 0 radical (unpaired) electrons. The zero-order valence-electron chi connectivity index (χ0n) is 12.1. The van der Waals surface area contributed by atoms with Gasteiger partial charge in [0, 0.05) is 18.6 Å². The molecule has 0 aromatic heterocycles. The smallest absolute Gasteiger partial charge is 0.192 e. The molecule has 0 saturated heterocycles. The first kappa shape index (κ1) is 16.2. The minimum atomic E-state index is -1.67. The molecule has 100 valence electrons. The number of hydrogen-bond acceptors (Lipinski definition) is 4. The maximum absolute atomic E-state index is 6.05. The van der Waals surface area contributed by atoms with E-state index in [-0.39, 0.29) is 5.04 Å². The number of hydrogen-bond donors (Lipinski definition) is 1. The molecule has 0 aliphatic carbocycles. The maximum Gasteiger partial charge on any atom is 0.192 e. The van der Waals surface area contributed by atoms with Crippen LogP contribution < -0.4 is 5.73 Å². The molecule has 0 fully saturated rings. The predicted octanol–water partition coefficient (Wildman–Crippen LogP) is 2.75. The summed E-state index contributed by atoms with van der Waals surface area (Å²) in [5, 5.41) is 5.82. The van der Waals surface area contributed by atoms with Gasteiger partial charge in [-0.2, -0.15) is 5.10 Å². The normalized spacial score (nSPS) is 13.6. The highest BCUT2D eigenvalue weighted by atomic mass is 28.4. The second-order valence-corrected chi connectivity index (χ2v) is 10.6. The van der Waals surface area contributed by atoms with E-state index < -0.39 is 8.32 Å². The second-order valence-electron chi connectivity index (χ2n) is 5.79. The number of rotatable bonds is 6. The van der Waals surface area contributed by atoms with Crippen LogP contribution in [0.2, 0.25) is 18.1 Å². The first-order valence-corrected chi connectivity index (χ1v) is 8.82. The monoisotopic (exact) mass is 257 g/mol. The lowest BCUT2D eigenvalue weighted by Crippen LogP contribution is -2.42. The summed E-state index contributed by atoms with van der Waals surface area (Å²) < 4.78 is 6.05. The number of allylic oxidation sites excluding steroid dienone is 1. The van der Waals surface area contributed by atoms with E-state index in [0.29, 0.717) is 18.8 Å². The number of nitrogens with two attached hydrogens (primary N) is 1. The van der Waals surface area contributed by atoms with Crippen LogP contribution in [0.25, 0.3) is 0 Å². The van der Waals surface area contributed by atoms with Crippen molar-refractivity contribution in [3.05, 3.63) is 11.9 Å². The van der Waals surface area contributed by atoms with Crippen molar-refractivity contribution < 1.29 is 4.43 Å². The van der Waals surface area contributed by atoms with Crippen LogP contribution in [0.1, 0.15) is 27.7 Å². The lowest BCUT2D eigenvalue weighted by molar-refractivity contribution is 0.240. The molecule has 0 amide bonds. The minimum absolute atomic E-state index is 0.235. The third-order valence-electron chi connectivity index (χ3n) is 3.12. The van der Waals surface area contributed by atoms with Gasteiger partial charge >= 0.3 is 0 Å². The van der Waals surface area contributed by atoms with Gasteiger partial charge in [-0.05, 0) is 25.1 Å². The van der Waals surface area contributed by atoms with Crippen molar-refractivity contribution in [3.63, 3.8) is 0 Å². The molecule has 0 heterocycles. The highest BCUT2D eigenvalue weighted by molar-refractivity contribution is 6.74. The van der Waals surface area contributed by atoms with Crippen LogP contribution in [-0.2, 0) is 4.43 Å². The quantitative estimate of drug-likeness (QED) is 0.452. The van der Waals surface area contributed by atoms with Gasteiger partial charge in [0.05, 0.1) is 13.2 Å². The second kappa shape index (κ2) is 6.21. The molecule has 0 bridgehead atoms. The van der Waals surface area contributed by atoms with E-state index in [4.69, 9.17) is 10.2 Å².